The first-order chi connectivity index (χ1) is 9.58. The first-order valence-electron chi connectivity index (χ1n) is 6.21. The van der Waals surface area contributed by atoms with Gasteiger partial charge in [-0.25, -0.2) is 4.39 Å². The molecule has 0 spiro atoms. The summed E-state index contributed by atoms with van der Waals surface area (Å²) in [5.41, 5.74) is 0.933. The number of hydrogen-bond donors (Lipinski definition) is 1. The zero-order valence-electron chi connectivity index (χ0n) is 10.9. The zero-order valence-corrected chi connectivity index (χ0v) is 11.7. The first-order valence-corrected chi connectivity index (χ1v) is 6.59. The van der Waals surface area contributed by atoms with Crippen molar-refractivity contribution in [1.29, 1.82) is 0 Å². The Morgan fingerprint density at radius 1 is 1.40 bits per heavy atom. The van der Waals surface area contributed by atoms with E-state index in [0.29, 0.717) is 11.4 Å². The molecular weight excluding hydrogens is 279 g/mol. The molecule has 104 valence electrons. The zero-order chi connectivity index (χ0) is 14.5. The molecular formula is C15H14ClFN2O. The number of carbonyl (C=O) groups excluding carboxylic acids is 1. The summed E-state index contributed by atoms with van der Waals surface area (Å²) in [6.45, 7) is 1.85. The van der Waals surface area contributed by atoms with Crippen LogP contribution in [0, 0.1) is 5.82 Å². The number of carbonyl (C=O) groups is 1. The third-order valence-corrected chi connectivity index (χ3v) is 3.25. The molecule has 1 amide bonds. The normalized spacial score (nSPS) is 11.9. The second kappa shape index (κ2) is 6.48. The van der Waals surface area contributed by atoms with Crippen LogP contribution in [0.5, 0.6) is 0 Å². The van der Waals surface area contributed by atoms with Crippen LogP contribution in [0.1, 0.15) is 22.8 Å². The Morgan fingerprint density at radius 3 is 2.85 bits per heavy atom. The van der Waals surface area contributed by atoms with Gasteiger partial charge in [0, 0.05) is 17.3 Å². The molecule has 0 saturated carbocycles. The van der Waals surface area contributed by atoms with Crippen molar-refractivity contribution in [2.24, 2.45) is 0 Å². The quantitative estimate of drug-likeness (QED) is 0.940. The van der Waals surface area contributed by atoms with Crippen LogP contribution >= 0.6 is 11.6 Å². The minimum atomic E-state index is -0.630. The highest BCUT2D eigenvalue weighted by molar-refractivity contribution is 6.31. The highest BCUT2D eigenvalue weighted by Crippen LogP contribution is 2.16. The van der Waals surface area contributed by atoms with Crippen LogP contribution in [0.4, 0.5) is 4.39 Å². The Labute approximate surface area is 121 Å². The van der Waals surface area contributed by atoms with E-state index in [2.05, 4.69) is 10.3 Å². The number of amides is 1. The number of hydrogen-bond acceptors (Lipinski definition) is 2. The summed E-state index contributed by atoms with van der Waals surface area (Å²) in [5.74, 6) is -1.08. The number of pyridine rings is 1. The molecule has 0 aliphatic carbocycles. The van der Waals surface area contributed by atoms with Crippen LogP contribution in [-0.4, -0.2) is 16.9 Å². The second-order valence-corrected chi connectivity index (χ2v) is 4.93. The molecule has 0 aliphatic rings. The molecule has 1 unspecified atom stereocenters. The van der Waals surface area contributed by atoms with Gasteiger partial charge in [0.2, 0.25) is 0 Å². The first kappa shape index (κ1) is 14.5. The van der Waals surface area contributed by atoms with E-state index in [1.807, 2.05) is 25.1 Å². The predicted octanol–water partition coefficient (Wildman–Crippen LogP) is 3.24. The van der Waals surface area contributed by atoms with Crippen LogP contribution in [-0.2, 0) is 6.42 Å². The van der Waals surface area contributed by atoms with Gasteiger partial charge in [-0.15, -0.1) is 0 Å². The fourth-order valence-electron chi connectivity index (χ4n) is 1.91. The van der Waals surface area contributed by atoms with E-state index in [4.69, 9.17) is 11.6 Å². The van der Waals surface area contributed by atoms with Gasteiger partial charge >= 0.3 is 0 Å². The molecule has 0 saturated heterocycles. The van der Waals surface area contributed by atoms with Crippen LogP contribution < -0.4 is 5.32 Å². The summed E-state index contributed by atoms with van der Waals surface area (Å²) in [7, 11) is 0. The summed E-state index contributed by atoms with van der Waals surface area (Å²) in [6, 6.07) is 8.63. The van der Waals surface area contributed by atoms with Crippen molar-refractivity contribution in [1.82, 2.24) is 10.3 Å². The summed E-state index contributed by atoms with van der Waals surface area (Å²) in [4.78, 5) is 15.6. The molecule has 1 atom stereocenters. The fraction of sp³-hybridized carbons (Fsp3) is 0.200. The molecule has 20 heavy (non-hydrogen) atoms. The number of benzene rings is 1. The summed E-state index contributed by atoms with van der Waals surface area (Å²) in [5, 5.41) is 3.40. The molecule has 5 heteroatoms. The monoisotopic (exact) mass is 292 g/mol. The van der Waals surface area contributed by atoms with Crippen molar-refractivity contribution < 1.29 is 9.18 Å². The van der Waals surface area contributed by atoms with Crippen molar-refractivity contribution in [3.63, 3.8) is 0 Å². The van der Waals surface area contributed by atoms with Crippen LogP contribution in [0.15, 0.2) is 42.7 Å². The molecule has 0 aliphatic heterocycles. The lowest BCUT2D eigenvalue weighted by atomic mass is 10.1. The molecule has 2 rings (SSSR count). The van der Waals surface area contributed by atoms with Crippen LogP contribution in [0.2, 0.25) is 5.02 Å². The summed E-state index contributed by atoms with van der Waals surface area (Å²) in [6.07, 6.45) is 2.99. The van der Waals surface area contributed by atoms with Gasteiger partial charge in [0.15, 0.2) is 5.82 Å². The molecule has 1 aromatic carbocycles. The predicted molar refractivity (Wildman–Crippen MR) is 76.3 cm³/mol. The molecule has 3 nitrogen and oxygen atoms in total. The molecule has 1 aromatic heterocycles. The van der Waals surface area contributed by atoms with Gasteiger partial charge in [-0.05, 0) is 31.0 Å². The third-order valence-electron chi connectivity index (χ3n) is 2.88. The Kier molecular flexibility index (Phi) is 4.69. The second-order valence-electron chi connectivity index (χ2n) is 4.53. The number of rotatable bonds is 4. The van der Waals surface area contributed by atoms with Gasteiger partial charge in [-0.3, -0.25) is 9.78 Å². The fourth-order valence-corrected chi connectivity index (χ4v) is 2.12. The average molecular weight is 293 g/mol. The smallest absolute Gasteiger partial charge is 0.254 e. The number of aromatic nitrogens is 1. The van der Waals surface area contributed by atoms with E-state index in [1.165, 1.54) is 12.3 Å². The van der Waals surface area contributed by atoms with E-state index in [9.17, 15) is 9.18 Å². The van der Waals surface area contributed by atoms with Crippen molar-refractivity contribution in [2.75, 3.05) is 0 Å². The van der Waals surface area contributed by atoms with E-state index in [0.717, 1.165) is 11.8 Å². The van der Waals surface area contributed by atoms with Crippen molar-refractivity contribution in [3.05, 3.63) is 64.7 Å². The van der Waals surface area contributed by atoms with Gasteiger partial charge in [-0.2, -0.15) is 0 Å². The largest absolute Gasteiger partial charge is 0.349 e. The lowest BCUT2D eigenvalue weighted by Crippen LogP contribution is -2.34. The molecule has 1 N–H and O–H groups in total. The maximum atomic E-state index is 13.4. The van der Waals surface area contributed by atoms with E-state index in [-0.39, 0.29) is 11.6 Å². The highest BCUT2D eigenvalue weighted by atomic mass is 35.5. The van der Waals surface area contributed by atoms with Gasteiger partial charge < -0.3 is 5.32 Å². The summed E-state index contributed by atoms with van der Waals surface area (Å²) >= 11 is 6.07. The van der Waals surface area contributed by atoms with E-state index in [1.54, 1.807) is 6.07 Å². The lowest BCUT2D eigenvalue weighted by molar-refractivity contribution is 0.0936. The molecule has 2 aromatic rings. The molecule has 0 bridgehead atoms. The Hall–Kier alpha value is -1.94. The topological polar surface area (TPSA) is 42.0 Å². The van der Waals surface area contributed by atoms with Crippen LogP contribution in [0.25, 0.3) is 0 Å². The van der Waals surface area contributed by atoms with Crippen molar-refractivity contribution in [2.45, 2.75) is 19.4 Å². The minimum absolute atomic E-state index is 0.00833. The summed E-state index contributed by atoms with van der Waals surface area (Å²) < 4.78 is 13.4. The van der Waals surface area contributed by atoms with Gasteiger partial charge in [0.25, 0.3) is 5.91 Å². The van der Waals surface area contributed by atoms with Crippen molar-refractivity contribution in [3.8, 4) is 0 Å². The van der Waals surface area contributed by atoms with E-state index < -0.39 is 11.7 Å². The van der Waals surface area contributed by atoms with Gasteiger partial charge in [-0.1, -0.05) is 29.8 Å². The maximum Gasteiger partial charge on any atom is 0.254 e. The lowest BCUT2D eigenvalue weighted by Gasteiger charge is -2.15. The highest BCUT2D eigenvalue weighted by Gasteiger charge is 2.14. The van der Waals surface area contributed by atoms with E-state index >= 15 is 0 Å². The Morgan fingerprint density at radius 2 is 2.15 bits per heavy atom. The third kappa shape index (κ3) is 3.54. The number of nitrogens with one attached hydrogen (secondary N) is 1. The Bertz CT molecular complexity index is 618. The van der Waals surface area contributed by atoms with Crippen molar-refractivity contribution >= 4 is 17.5 Å². The molecule has 0 radical (unpaired) electrons. The number of halogens is 2. The minimum Gasteiger partial charge on any atom is -0.349 e. The number of nitrogens with zero attached hydrogens (tertiary/aromatic N) is 1. The molecule has 0 fully saturated rings. The average Bonchev–Trinajstić information content (AvgIpc) is 2.41. The van der Waals surface area contributed by atoms with Gasteiger partial charge in [0.05, 0.1) is 11.8 Å². The standard InChI is InChI=1S/C15H14ClFN2O/c1-10(8-11-4-2-3-5-13(11)16)19-15(20)12-6-7-18-9-14(12)17/h2-7,9-10H,8H2,1H3,(H,19,20). The Balaban J connectivity index is 2.02. The van der Waals surface area contributed by atoms with Crippen LogP contribution in [0.3, 0.4) is 0 Å². The molecule has 1 heterocycles. The SMILES string of the molecule is CC(Cc1ccccc1Cl)NC(=O)c1ccncc1F. The van der Waals surface area contributed by atoms with Gasteiger partial charge in [0.1, 0.15) is 0 Å². The maximum absolute atomic E-state index is 13.4.